The molecule has 0 amide bonds. The molecule has 4 nitrogen and oxygen atoms in total. The van der Waals surface area contributed by atoms with E-state index in [4.69, 9.17) is 5.73 Å². The molecule has 1 rings (SSSR count). The van der Waals surface area contributed by atoms with Gasteiger partial charge in [-0.3, -0.25) is 0 Å². The summed E-state index contributed by atoms with van der Waals surface area (Å²) in [7, 11) is -3.78. The third-order valence-electron chi connectivity index (χ3n) is 3.52. The van der Waals surface area contributed by atoms with Gasteiger partial charge in [0.2, 0.25) is 10.0 Å². The Balaban J connectivity index is 3.14. The van der Waals surface area contributed by atoms with E-state index < -0.39 is 21.4 Å². The molecule has 0 fully saturated rings. The van der Waals surface area contributed by atoms with Crippen LogP contribution in [-0.4, -0.2) is 20.5 Å². The Hall–Kier alpha value is -0.980. The van der Waals surface area contributed by atoms with Gasteiger partial charge >= 0.3 is 0 Å². The molecule has 1 atom stereocenters. The Morgan fingerprint density at radius 2 is 2.00 bits per heavy atom. The smallest absolute Gasteiger partial charge is 0.241 e. The maximum atomic E-state index is 13.5. The van der Waals surface area contributed by atoms with Crippen LogP contribution < -0.4 is 10.5 Å². The third-order valence-corrected chi connectivity index (χ3v) is 5.13. The Kier molecular flexibility index (Phi) is 4.71. The first kappa shape index (κ1) is 16.1. The van der Waals surface area contributed by atoms with Crippen molar-refractivity contribution in [2.75, 3.05) is 6.54 Å². The first-order valence-corrected chi connectivity index (χ1v) is 7.61. The summed E-state index contributed by atoms with van der Waals surface area (Å²) in [6.45, 7) is 7.24. The van der Waals surface area contributed by atoms with E-state index in [1.807, 2.05) is 13.8 Å². The van der Waals surface area contributed by atoms with Crippen LogP contribution in [0.4, 0.5) is 4.39 Å². The van der Waals surface area contributed by atoms with Gasteiger partial charge in [0.25, 0.3) is 0 Å². The average Bonchev–Trinajstić information content (AvgIpc) is 2.31. The predicted molar refractivity (Wildman–Crippen MR) is 73.8 cm³/mol. The van der Waals surface area contributed by atoms with Gasteiger partial charge in [-0.1, -0.05) is 19.9 Å². The summed E-state index contributed by atoms with van der Waals surface area (Å²) in [6, 6.07) is 3.85. The monoisotopic (exact) mass is 288 g/mol. The van der Waals surface area contributed by atoms with Gasteiger partial charge in [-0.15, -0.1) is 0 Å². The normalized spacial score (nSPS) is 15.5. The maximum Gasteiger partial charge on any atom is 0.241 e. The van der Waals surface area contributed by atoms with Crippen molar-refractivity contribution in [3.63, 3.8) is 0 Å². The molecular formula is C13H21FN2O2S. The van der Waals surface area contributed by atoms with Crippen molar-refractivity contribution >= 4 is 10.0 Å². The third kappa shape index (κ3) is 3.52. The van der Waals surface area contributed by atoms with E-state index >= 15 is 0 Å². The minimum absolute atomic E-state index is 0.0163. The molecule has 0 spiro atoms. The van der Waals surface area contributed by atoms with Crippen LogP contribution in [0.25, 0.3) is 0 Å². The minimum Gasteiger partial charge on any atom is -0.329 e. The summed E-state index contributed by atoms with van der Waals surface area (Å²) in [4.78, 5) is -0.0871. The van der Waals surface area contributed by atoms with Gasteiger partial charge in [0.1, 0.15) is 5.82 Å². The second-order valence-electron chi connectivity index (χ2n) is 5.29. The minimum atomic E-state index is -3.78. The molecule has 1 aromatic carbocycles. The lowest BCUT2D eigenvalue weighted by molar-refractivity contribution is 0.315. The number of sulfonamides is 1. The number of hydrogen-bond acceptors (Lipinski definition) is 3. The molecule has 19 heavy (non-hydrogen) atoms. The highest BCUT2D eigenvalue weighted by Gasteiger charge is 2.32. The van der Waals surface area contributed by atoms with Gasteiger partial charge in [-0.2, -0.15) is 0 Å². The number of nitrogens with one attached hydrogen (secondary N) is 1. The van der Waals surface area contributed by atoms with Crippen LogP contribution in [0.15, 0.2) is 23.1 Å². The van der Waals surface area contributed by atoms with Crippen LogP contribution in [0.1, 0.15) is 26.3 Å². The average molecular weight is 288 g/mol. The second-order valence-corrected chi connectivity index (χ2v) is 6.98. The highest BCUT2D eigenvalue weighted by molar-refractivity contribution is 7.89. The van der Waals surface area contributed by atoms with Gasteiger partial charge in [-0.25, -0.2) is 17.5 Å². The van der Waals surface area contributed by atoms with Crippen molar-refractivity contribution in [1.82, 2.24) is 4.72 Å². The molecule has 0 aliphatic carbocycles. The number of benzene rings is 1. The van der Waals surface area contributed by atoms with E-state index in [1.165, 1.54) is 12.1 Å². The molecule has 0 aromatic heterocycles. The fourth-order valence-electron chi connectivity index (χ4n) is 1.50. The van der Waals surface area contributed by atoms with Crippen LogP contribution >= 0.6 is 0 Å². The number of nitrogens with two attached hydrogens (primary N) is 1. The van der Waals surface area contributed by atoms with Gasteiger partial charge in [0.15, 0.2) is 0 Å². The quantitative estimate of drug-likeness (QED) is 0.867. The van der Waals surface area contributed by atoms with Crippen molar-refractivity contribution in [3.8, 4) is 0 Å². The molecule has 0 radical (unpaired) electrons. The molecule has 0 bridgehead atoms. The number of hydrogen-bond donors (Lipinski definition) is 2. The molecule has 0 saturated carbocycles. The molecule has 1 aromatic rings. The largest absolute Gasteiger partial charge is 0.329 e. The lowest BCUT2D eigenvalue weighted by Crippen LogP contribution is -2.54. The maximum absolute atomic E-state index is 13.5. The van der Waals surface area contributed by atoms with E-state index in [0.717, 1.165) is 6.07 Å². The van der Waals surface area contributed by atoms with E-state index in [-0.39, 0.29) is 17.4 Å². The van der Waals surface area contributed by atoms with Crippen molar-refractivity contribution < 1.29 is 12.8 Å². The van der Waals surface area contributed by atoms with Crippen molar-refractivity contribution in [2.24, 2.45) is 11.7 Å². The van der Waals surface area contributed by atoms with E-state index in [1.54, 1.807) is 13.8 Å². The van der Waals surface area contributed by atoms with Crippen molar-refractivity contribution in [1.29, 1.82) is 0 Å². The van der Waals surface area contributed by atoms with Crippen molar-refractivity contribution in [2.45, 2.75) is 38.1 Å². The molecule has 0 aliphatic rings. The van der Waals surface area contributed by atoms with E-state index in [9.17, 15) is 12.8 Å². The topological polar surface area (TPSA) is 72.2 Å². The predicted octanol–water partition coefficient (Wildman–Crippen LogP) is 1.79. The summed E-state index contributed by atoms with van der Waals surface area (Å²) in [5.41, 5.74) is 5.29. The Morgan fingerprint density at radius 3 is 2.42 bits per heavy atom. The highest BCUT2D eigenvalue weighted by atomic mass is 32.2. The molecular weight excluding hydrogens is 267 g/mol. The van der Waals surface area contributed by atoms with Gasteiger partial charge in [0, 0.05) is 12.1 Å². The first-order chi connectivity index (χ1) is 8.62. The molecule has 0 aliphatic heterocycles. The molecule has 108 valence electrons. The lowest BCUT2D eigenvalue weighted by Gasteiger charge is -2.33. The standard InChI is InChI=1S/C13H21FN2O2S/c1-9(2)13(4,8-15)16-19(17,18)11-6-5-10(3)12(14)7-11/h5-7,9,16H,8,15H2,1-4H3. The van der Waals surface area contributed by atoms with E-state index in [2.05, 4.69) is 4.72 Å². The number of rotatable bonds is 5. The fraction of sp³-hybridized carbons (Fsp3) is 0.538. The molecule has 6 heteroatoms. The summed E-state index contributed by atoms with van der Waals surface area (Å²) >= 11 is 0. The lowest BCUT2D eigenvalue weighted by atomic mass is 9.90. The Morgan fingerprint density at radius 1 is 1.42 bits per heavy atom. The summed E-state index contributed by atoms with van der Waals surface area (Å²) in [6.07, 6.45) is 0. The Bertz CT molecular complexity index is 558. The van der Waals surface area contributed by atoms with Gasteiger partial charge in [0.05, 0.1) is 4.90 Å². The van der Waals surface area contributed by atoms with Crippen LogP contribution in [0.3, 0.4) is 0 Å². The van der Waals surface area contributed by atoms with Crippen LogP contribution in [-0.2, 0) is 10.0 Å². The van der Waals surface area contributed by atoms with Crippen LogP contribution in [0.5, 0.6) is 0 Å². The second kappa shape index (κ2) is 5.56. The van der Waals surface area contributed by atoms with Crippen molar-refractivity contribution in [3.05, 3.63) is 29.6 Å². The van der Waals surface area contributed by atoms with Crippen LogP contribution in [0, 0.1) is 18.7 Å². The SMILES string of the molecule is Cc1ccc(S(=O)(=O)NC(C)(CN)C(C)C)cc1F. The zero-order valence-corrected chi connectivity index (χ0v) is 12.5. The summed E-state index contributed by atoms with van der Waals surface area (Å²) in [5, 5.41) is 0. The zero-order chi connectivity index (χ0) is 14.8. The highest BCUT2D eigenvalue weighted by Crippen LogP contribution is 2.20. The Labute approximate surface area is 114 Å². The molecule has 3 N–H and O–H groups in total. The van der Waals surface area contributed by atoms with Gasteiger partial charge in [-0.05, 0) is 37.5 Å². The summed E-state index contributed by atoms with van der Waals surface area (Å²) < 4.78 is 40.5. The summed E-state index contributed by atoms with van der Waals surface area (Å²) in [5.74, 6) is -0.524. The molecule has 0 heterocycles. The van der Waals surface area contributed by atoms with Crippen LogP contribution in [0.2, 0.25) is 0 Å². The molecule has 0 saturated heterocycles. The van der Waals surface area contributed by atoms with Gasteiger partial charge < -0.3 is 5.73 Å². The number of halogens is 1. The van der Waals surface area contributed by atoms with E-state index in [0.29, 0.717) is 5.56 Å². The zero-order valence-electron chi connectivity index (χ0n) is 11.7. The first-order valence-electron chi connectivity index (χ1n) is 6.12. The molecule has 1 unspecified atom stereocenters. The fourth-order valence-corrected chi connectivity index (χ4v) is 3.06. The number of aryl methyl sites for hydroxylation is 1.